The second kappa shape index (κ2) is 6.96. The molecule has 0 aliphatic heterocycles. The molecule has 1 aromatic carbocycles. The van der Waals surface area contributed by atoms with E-state index in [2.05, 4.69) is 20.2 Å². The second-order valence-electron chi connectivity index (χ2n) is 6.32. The van der Waals surface area contributed by atoms with E-state index in [1.165, 1.54) is 10.9 Å². The number of halogens is 1. The largest absolute Gasteiger partial charge is 0.337 e. The standard InChI is InChI=1S/C18H17ClN6O2/c1-11-16-17(24(2)22-11)20-10-25(18(16)26)9-15-21-14(23-27-15)8-5-12-3-6-13(19)7-4-12/h3-4,6-7,10H,5,8-9H2,1-2H3. The summed E-state index contributed by atoms with van der Waals surface area (Å²) in [6, 6.07) is 7.66. The fourth-order valence-electron chi connectivity index (χ4n) is 2.99. The molecule has 4 rings (SSSR count). The van der Waals surface area contributed by atoms with Crippen molar-refractivity contribution in [3.05, 3.63) is 68.9 Å². The Balaban J connectivity index is 1.50. The van der Waals surface area contributed by atoms with Gasteiger partial charge in [-0.15, -0.1) is 0 Å². The van der Waals surface area contributed by atoms with Crippen LogP contribution in [0.4, 0.5) is 0 Å². The number of aryl methyl sites for hydroxylation is 4. The molecule has 0 unspecified atom stereocenters. The molecular weight excluding hydrogens is 368 g/mol. The first-order valence-electron chi connectivity index (χ1n) is 8.46. The van der Waals surface area contributed by atoms with Gasteiger partial charge in [0.1, 0.15) is 18.3 Å². The van der Waals surface area contributed by atoms with Crippen molar-refractivity contribution in [2.45, 2.75) is 26.3 Å². The first-order chi connectivity index (χ1) is 13.0. The summed E-state index contributed by atoms with van der Waals surface area (Å²) in [7, 11) is 1.76. The van der Waals surface area contributed by atoms with Crippen molar-refractivity contribution in [1.29, 1.82) is 0 Å². The summed E-state index contributed by atoms with van der Waals surface area (Å²) >= 11 is 5.89. The van der Waals surface area contributed by atoms with E-state index in [0.717, 1.165) is 12.0 Å². The van der Waals surface area contributed by atoms with Gasteiger partial charge in [-0.25, -0.2) is 9.67 Å². The Morgan fingerprint density at radius 3 is 2.74 bits per heavy atom. The number of nitrogens with zero attached hydrogens (tertiary/aromatic N) is 6. The van der Waals surface area contributed by atoms with Crippen molar-refractivity contribution >= 4 is 22.6 Å². The molecule has 0 N–H and O–H groups in total. The predicted octanol–water partition coefficient (Wildman–Crippen LogP) is 2.31. The number of hydrogen-bond acceptors (Lipinski definition) is 6. The molecule has 0 atom stereocenters. The van der Waals surface area contributed by atoms with Crippen molar-refractivity contribution in [3.8, 4) is 0 Å². The zero-order valence-corrected chi connectivity index (χ0v) is 15.6. The molecule has 0 saturated heterocycles. The molecule has 138 valence electrons. The fourth-order valence-corrected chi connectivity index (χ4v) is 3.11. The van der Waals surface area contributed by atoms with Gasteiger partial charge in [0.2, 0.25) is 5.89 Å². The highest BCUT2D eigenvalue weighted by atomic mass is 35.5. The van der Waals surface area contributed by atoms with Crippen molar-refractivity contribution in [2.24, 2.45) is 7.05 Å². The summed E-state index contributed by atoms with van der Waals surface area (Å²) in [4.78, 5) is 21.4. The summed E-state index contributed by atoms with van der Waals surface area (Å²) in [5, 5.41) is 9.45. The highest BCUT2D eigenvalue weighted by Crippen LogP contribution is 2.12. The van der Waals surface area contributed by atoms with Crippen LogP contribution in [0.15, 0.2) is 39.9 Å². The van der Waals surface area contributed by atoms with E-state index in [4.69, 9.17) is 16.1 Å². The third kappa shape index (κ3) is 3.48. The lowest BCUT2D eigenvalue weighted by Crippen LogP contribution is -2.21. The monoisotopic (exact) mass is 384 g/mol. The van der Waals surface area contributed by atoms with Crippen molar-refractivity contribution < 1.29 is 4.52 Å². The first kappa shape index (κ1) is 17.4. The first-order valence-corrected chi connectivity index (χ1v) is 8.83. The van der Waals surface area contributed by atoms with Gasteiger partial charge in [-0.05, 0) is 31.0 Å². The maximum atomic E-state index is 12.7. The highest BCUT2D eigenvalue weighted by Gasteiger charge is 2.14. The van der Waals surface area contributed by atoms with Gasteiger partial charge in [0.15, 0.2) is 11.5 Å². The molecule has 4 aromatic rings. The average Bonchev–Trinajstić information content (AvgIpc) is 3.21. The number of fused-ring (bicyclic) bond motifs is 1. The van der Waals surface area contributed by atoms with E-state index in [1.54, 1.807) is 18.7 Å². The topological polar surface area (TPSA) is 91.6 Å². The van der Waals surface area contributed by atoms with Gasteiger partial charge >= 0.3 is 0 Å². The minimum Gasteiger partial charge on any atom is -0.337 e. The third-order valence-electron chi connectivity index (χ3n) is 4.35. The van der Waals surface area contributed by atoms with Crippen molar-refractivity contribution in [1.82, 2.24) is 29.5 Å². The molecule has 0 saturated carbocycles. The van der Waals surface area contributed by atoms with Crippen LogP contribution in [0.1, 0.15) is 23.0 Å². The minimum atomic E-state index is -0.175. The SMILES string of the molecule is Cc1nn(C)c2ncn(Cc3nc(CCc4ccc(Cl)cc4)no3)c(=O)c12. The Labute approximate surface area is 159 Å². The van der Waals surface area contributed by atoms with Gasteiger partial charge in [-0.3, -0.25) is 9.36 Å². The zero-order chi connectivity index (χ0) is 19.0. The molecule has 0 amide bonds. The Morgan fingerprint density at radius 2 is 1.96 bits per heavy atom. The van der Waals surface area contributed by atoms with Crippen molar-refractivity contribution in [3.63, 3.8) is 0 Å². The van der Waals surface area contributed by atoms with Gasteiger partial charge < -0.3 is 4.52 Å². The number of aromatic nitrogens is 6. The molecule has 0 spiro atoms. The third-order valence-corrected chi connectivity index (χ3v) is 4.60. The maximum absolute atomic E-state index is 12.7. The lowest BCUT2D eigenvalue weighted by molar-refractivity contribution is 0.364. The Morgan fingerprint density at radius 1 is 1.19 bits per heavy atom. The number of benzene rings is 1. The lowest BCUT2D eigenvalue weighted by Gasteiger charge is -2.01. The van der Waals surface area contributed by atoms with Crippen LogP contribution in [0.25, 0.3) is 11.0 Å². The summed E-state index contributed by atoms with van der Waals surface area (Å²) in [6.07, 6.45) is 2.89. The predicted molar refractivity (Wildman–Crippen MR) is 99.8 cm³/mol. The quantitative estimate of drug-likeness (QED) is 0.524. The van der Waals surface area contributed by atoms with E-state index in [0.29, 0.717) is 39.9 Å². The van der Waals surface area contributed by atoms with E-state index in [-0.39, 0.29) is 12.1 Å². The number of hydrogen-bond donors (Lipinski definition) is 0. The van der Waals surface area contributed by atoms with Gasteiger partial charge in [-0.2, -0.15) is 10.1 Å². The molecule has 0 aliphatic rings. The molecule has 8 nitrogen and oxygen atoms in total. The second-order valence-corrected chi connectivity index (χ2v) is 6.75. The van der Waals surface area contributed by atoms with Crippen molar-refractivity contribution in [2.75, 3.05) is 0 Å². The van der Waals surface area contributed by atoms with Gasteiger partial charge in [-0.1, -0.05) is 28.9 Å². The molecule has 27 heavy (non-hydrogen) atoms. The van der Waals surface area contributed by atoms with Gasteiger partial charge in [0.05, 0.1) is 5.69 Å². The van der Waals surface area contributed by atoms with Crippen LogP contribution < -0.4 is 5.56 Å². The van der Waals surface area contributed by atoms with Crippen LogP contribution >= 0.6 is 11.6 Å². The smallest absolute Gasteiger partial charge is 0.265 e. The maximum Gasteiger partial charge on any atom is 0.265 e. The van der Waals surface area contributed by atoms with Gasteiger partial charge in [0, 0.05) is 18.5 Å². The Bertz CT molecular complexity index is 1160. The zero-order valence-electron chi connectivity index (χ0n) is 14.9. The molecule has 0 aliphatic carbocycles. The van der Waals surface area contributed by atoms with Crippen LogP contribution in [-0.4, -0.2) is 29.5 Å². The fraction of sp³-hybridized carbons (Fsp3) is 0.278. The van der Waals surface area contributed by atoms with Crippen LogP contribution in [-0.2, 0) is 26.4 Å². The molecule has 0 bridgehead atoms. The lowest BCUT2D eigenvalue weighted by atomic mass is 10.1. The number of rotatable bonds is 5. The summed E-state index contributed by atoms with van der Waals surface area (Å²) < 4.78 is 8.34. The van der Waals surface area contributed by atoms with E-state index < -0.39 is 0 Å². The van der Waals surface area contributed by atoms with Crippen LogP contribution in [0.3, 0.4) is 0 Å². The van der Waals surface area contributed by atoms with Gasteiger partial charge in [0.25, 0.3) is 5.56 Å². The minimum absolute atomic E-state index is 0.171. The molecule has 3 aromatic heterocycles. The van der Waals surface area contributed by atoms with Crippen LogP contribution in [0, 0.1) is 6.92 Å². The van der Waals surface area contributed by atoms with E-state index in [1.807, 2.05) is 24.3 Å². The summed E-state index contributed by atoms with van der Waals surface area (Å²) in [6.45, 7) is 1.96. The molecule has 0 fully saturated rings. The normalized spacial score (nSPS) is 11.4. The molecule has 9 heteroatoms. The molecular formula is C18H17ClN6O2. The molecule has 0 radical (unpaired) electrons. The Kier molecular flexibility index (Phi) is 4.49. The van der Waals surface area contributed by atoms with E-state index in [9.17, 15) is 4.79 Å². The summed E-state index contributed by atoms with van der Waals surface area (Å²) in [5.74, 6) is 0.963. The molecule has 3 heterocycles. The average molecular weight is 385 g/mol. The highest BCUT2D eigenvalue weighted by molar-refractivity contribution is 6.30. The summed E-state index contributed by atoms with van der Waals surface area (Å²) in [5.41, 5.74) is 2.17. The Hall–Kier alpha value is -3.00. The van der Waals surface area contributed by atoms with E-state index >= 15 is 0 Å². The van der Waals surface area contributed by atoms with Crippen LogP contribution in [0.5, 0.6) is 0 Å². The van der Waals surface area contributed by atoms with Crippen LogP contribution in [0.2, 0.25) is 5.02 Å².